The fraction of sp³-hybridized carbons (Fsp3) is 0.500. The number of aromatic nitrogens is 2. The van der Waals surface area contributed by atoms with Crippen molar-refractivity contribution in [1.82, 2.24) is 14.5 Å². The molecule has 1 aliphatic carbocycles. The molecular weight excluding hydrogens is 312 g/mol. The van der Waals surface area contributed by atoms with Crippen LogP contribution in [0.25, 0.3) is 0 Å². The zero-order valence-corrected chi connectivity index (χ0v) is 14.2. The van der Waals surface area contributed by atoms with Gasteiger partial charge in [-0.2, -0.15) is 0 Å². The Balaban J connectivity index is 1.44. The SMILES string of the molecule is S=C1Nc2sc3c(c2CN1CCCn1ccnc1)CCCC3. The van der Waals surface area contributed by atoms with E-state index in [-0.39, 0.29) is 0 Å². The van der Waals surface area contributed by atoms with Crippen LogP contribution in [0, 0.1) is 0 Å². The van der Waals surface area contributed by atoms with E-state index in [2.05, 4.69) is 19.8 Å². The number of fused-ring (bicyclic) bond motifs is 3. The normalized spacial score (nSPS) is 17.1. The number of nitrogens with zero attached hydrogens (tertiary/aromatic N) is 3. The molecule has 0 saturated carbocycles. The number of rotatable bonds is 4. The summed E-state index contributed by atoms with van der Waals surface area (Å²) in [6.07, 6.45) is 12.0. The van der Waals surface area contributed by atoms with Gasteiger partial charge in [0.1, 0.15) is 5.00 Å². The molecule has 0 fully saturated rings. The Hall–Kier alpha value is -1.40. The molecule has 0 spiro atoms. The van der Waals surface area contributed by atoms with Gasteiger partial charge in [-0.05, 0) is 49.9 Å². The third kappa shape index (κ3) is 2.65. The number of anilines is 1. The molecule has 0 amide bonds. The second-order valence-electron chi connectivity index (χ2n) is 6.02. The summed E-state index contributed by atoms with van der Waals surface area (Å²) in [4.78, 5) is 7.99. The van der Waals surface area contributed by atoms with E-state index in [0.717, 1.165) is 31.2 Å². The molecular formula is C16H20N4S2. The molecule has 0 saturated heterocycles. The lowest BCUT2D eigenvalue weighted by molar-refractivity contribution is 0.390. The summed E-state index contributed by atoms with van der Waals surface area (Å²) in [5, 5.41) is 5.66. The van der Waals surface area contributed by atoms with Crippen molar-refractivity contribution in [2.24, 2.45) is 0 Å². The van der Waals surface area contributed by atoms with Gasteiger partial charge in [-0.1, -0.05) is 0 Å². The van der Waals surface area contributed by atoms with Crippen LogP contribution in [0.1, 0.15) is 35.3 Å². The van der Waals surface area contributed by atoms with Gasteiger partial charge in [-0.15, -0.1) is 11.3 Å². The van der Waals surface area contributed by atoms with Crippen LogP contribution < -0.4 is 5.32 Å². The summed E-state index contributed by atoms with van der Waals surface area (Å²) < 4.78 is 2.12. The minimum Gasteiger partial charge on any atom is -0.344 e. The van der Waals surface area contributed by atoms with Crippen molar-refractivity contribution >= 4 is 33.7 Å². The average molecular weight is 332 g/mol. The minimum atomic E-state index is 0.886. The highest BCUT2D eigenvalue weighted by Crippen LogP contribution is 2.40. The molecule has 116 valence electrons. The topological polar surface area (TPSA) is 33.1 Å². The van der Waals surface area contributed by atoms with E-state index in [1.54, 1.807) is 10.4 Å². The van der Waals surface area contributed by atoms with Crippen molar-refractivity contribution < 1.29 is 0 Å². The fourth-order valence-corrected chi connectivity index (χ4v) is 5.00. The van der Waals surface area contributed by atoms with E-state index in [0.29, 0.717) is 0 Å². The van der Waals surface area contributed by atoms with Gasteiger partial charge in [0.15, 0.2) is 5.11 Å². The molecule has 1 N–H and O–H groups in total. The summed E-state index contributed by atoms with van der Waals surface area (Å²) in [6, 6.07) is 0. The number of hydrogen-bond acceptors (Lipinski definition) is 3. The summed E-state index contributed by atoms with van der Waals surface area (Å²) >= 11 is 7.49. The van der Waals surface area contributed by atoms with Crippen molar-refractivity contribution in [3.05, 3.63) is 34.7 Å². The van der Waals surface area contributed by atoms with Crippen molar-refractivity contribution in [3.63, 3.8) is 0 Å². The van der Waals surface area contributed by atoms with Crippen LogP contribution in [-0.2, 0) is 25.9 Å². The molecule has 22 heavy (non-hydrogen) atoms. The highest BCUT2D eigenvalue weighted by Gasteiger charge is 2.27. The zero-order chi connectivity index (χ0) is 14.9. The van der Waals surface area contributed by atoms with Crippen LogP contribution in [0.5, 0.6) is 0 Å². The van der Waals surface area contributed by atoms with Crippen LogP contribution in [0.15, 0.2) is 18.7 Å². The predicted molar refractivity (Wildman–Crippen MR) is 94.4 cm³/mol. The van der Waals surface area contributed by atoms with E-state index in [1.807, 2.05) is 30.1 Å². The van der Waals surface area contributed by atoms with Gasteiger partial charge in [0.05, 0.1) is 6.33 Å². The quantitative estimate of drug-likeness (QED) is 0.870. The monoisotopic (exact) mass is 332 g/mol. The summed E-state index contributed by atoms with van der Waals surface area (Å²) in [5.74, 6) is 0. The maximum Gasteiger partial charge on any atom is 0.174 e. The molecule has 3 heterocycles. The molecule has 2 aromatic rings. The molecule has 2 aliphatic rings. The Morgan fingerprint density at radius 2 is 2.14 bits per heavy atom. The number of aryl methyl sites for hydroxylation is 2. The van der Waals surface area contributed by atoms with Crippen LogP contribution >= 0.6 is 23.6 Å². The Bertz CT molecular complexity index is 675. The van der Waals surface area contributed by atoms with Gasteiger partial charge in [0.25, 0.3) is 0 Å². The van der Waals surface area contributed by atoms with E-state index in [9.17, 15) is 0 Å². The number of hydrogen-bond donors (Lipinski definition) is 1. The molecule has 0 aromatic carbocycles. The largest absolute Gasteiger partial charge is 0.344 e. The fourth-order valence-electron chi connectivity index (χ4n) is 3.38. The maximum absolute atomic E-state index is 5.56. The molecule has 0 unspecified atom stereocenters. The average Bonchev–Trinajstić information content (AvgIpc) is 3.15. The van der Waals surface area contributed by atoms with E-state index < -0.39 is 0 Å². The van der Waals surface area contributed by atoms with Crippen molar-refractivity contribution in [1.29, 1.82) is 0 Å². The Morgan fingerprint density at radius 3 is 3.00 bits per heavy atom. The summed E-state index contributed by atoms with van der Waals surface area (Å²) in [6.45, 7) is 2.97. The van der Waals surface area contributed by atoms with Gasteiger partial charge < -0.3 is 14.8 Å². The van der Waals surface area contributed by atoms with Crippen molar-refractivity contribution in [2.45, 2.75) is 45.2 Å². The van der Waals surface area contributed by atoms with Crippen molar-refractivity contribution in [2.75, 3.05) is 11.9 Å². The number of nitrogens with one attached hydrogen (secondary N) is 1. The standard InChI is InChI=1S/C16H20N4S2/c21-16-18-15-13(12-4-1-2-5-14(12)22-15)10-20(16)8-3-7-19-9-6-17-11-19/h6,9,11H,1-5,7-8,10H2,(H,18,21). The third-order valence-electron chi connectivity index (χ3n) is 4.54. The molecule has 4 nitrogen and oxygen atoms in total. The molecule has 6 heteroatoms. The lowest BCUT2D eigenvalue weighted by atomic mass is 9.95. The number of thiocarbonyl (C=S) groups is 1. The molecule has 0 atom stereocenters. The minimum absolute atomic E-state index is 0.886. The molecule has 4 rings (SSSR count). The molecule has 1 aliphatic heterocycles. The van der Waals surface area contributed by atoms with Crippen LogP contribution in [0.4, 0.5) is 5.00 Å². The number of thiophene rings is 1. The van der Waals surface area contributed by atoms with Crippen LogP contribution in [0.2, 0.25) is 0 Å². The van der Waals surface area contributed by atoms with E-state index in [1.165, 1.54) is 36.2 Å². The van der Waals surface area contributed by atoms with Crippen LogP contribution in [-0.4, -0.2) is 26.1 Å². The second kappa shape index (κ2) is 6.01. The first-order chi connectivity index (χ1) is 10.8. The van der Waals surface area contributed by atoms with Crippen molar-refractivity contribution in [3.8, 4) is 0 Å². The van der Waals surface area contributed by atoms with E-state index in [4.69, 9.17) is 12.2 Å². The first-order valence-electron chi connectivity index (χ1n) is 7.96. The van der Waals surface area contributed by atoms with Gasteiger partial charge in [0.2, 0.25) is 0 Å². The van der Waals surface area contributed by atoms with Gasteiger partial charge in [0, 0.05) is 42.5 Å². The highest BCUT2D eigenvalue weighted by atomic mass is 32.1. The zero-order valence-electron chi connectivity index (χ0n) is 12.5. The van der Waals surface area contributed by atoms with Gasteiger partial charge in [-0.25, -0.2) is 4.98 Å². The third-order valence-corrected chi connectivity index (χ3v) is 6.15. The van der Waals surface area contributed by atoms with E-state index >= 15 is 0 Å². The molecule has 2 aromatic heterocycles. The lowest BCUT2D eigenvalue weighted by Crippen LogP contribution is -2.39. The summed E-state index contributed by atoms with van der Waals surface area (Å²) in [7, 11) is 0. The smallest absolute Gasteiger partial charge is 0.174 e. The lowest BCUT2D eigenvalue weighted by Gasteiger charge is -2.31. The predicted octanol–water partition coefficient (Wildman–Crippen LogP) is 3.43. The Morgan fingerprint density at radius 1 is 1.23 bits per heavy atom. The van der Waals surface area contributed by atoms with Gasteiger partial charge >= 0.3 is 0 Å². The van der Waals surface area contributed by atoms with Crippen LogP contribution in [0.3, 0.4) is 0 Å². The number of imidazole rings is 1. The van der Waals surface area contributed by atoms with Gasteiger partial charge in [-0.3, -0.25) is 0 Å². The Labute approximate surface area is 140 Å². The first-order valence-corrected chi connectivity index (χ1v) is 9.19. The Kier molecular flexibility index (Phi) is 3.88. The highest BCUT2D eigenvalue weighted by molar-refractivity contribution is 7.80. The first kappa shape index (κ1) is 14.2. The second-order valence-corrected chi connectivity index (χ2v) is 7.52. The summed E-state index contributed by atoms with van der Waals surface area (Å²) in [5.41, 5.74) is 3.12. The molecule has 0 radical (unpaired) electrons. The maximum atomic E-state index is 5.56. The molecule has 0 bridgehead atoms.